The molecule has 5 fully saturated rings. The Hall–Kier alpha value is -7.47. The lowest BCUT2D eigenvalue weighted by Gasteiger charge is -2.46. The van der Waals surface area contributed by atoms with E-state index in [4.69, 9.17) is 54.0 Å². The zero-order chi connectivity index (χ0) is 94.6. The van der Waals surface area contributed by atoms with Crippen LogP contribution in [0.5, 0.6) is 0 Å². The van der Waals surface area contributed by atoms with Crippen LogP contribution >= 0.6 is 0 Å². The highest BCUT2D eigenvalue weighted by Gasteiger charge is 2.61. The van der Waals surface area contributed by atoms with Crippen LogP contribution in [0.1, 0.15) is 144 Å². The van der Waals surface area contributed by atoms with Gasteiger partial charge < -0.3 is 105 Å². The van der Waals surface area contributed by atoms with Crippen molar-refractivity contribution in [2.45, 2.75) is 298 Å². The standard InChI is InChI=1S/C18H23F2N3O4.C17H22F2N4O4.C16H27F2N3O4.C15H25F2N3O4.C14H23F2N3O5/c1-10-14(23-8-12(21-22-23)11-6-4-3-5-7-11)17(19)18(2,20)27-16(10)15(26)13(25)9-24;1-9-13(23-7-11(21-22-23)10-4-3-5-20-6-10)16(18)17(2,19)27-15(9)14(26)12(25)8-24;1-8(2)5-10-6-21(20-19-10)12-9(3)14(13(24)11(23)7-22)25-16(4,18)15(12)17;1-4-5-9-6-20(19-18-9)11-8(2)13(12(23)10(22)7-21)24-15(3,17)14(11)16;1-7-10(19-4-8(6-23-3)17-18-19)13(15)14(2,16)24-12(7)11(22)9(21)5-20/h3-8,10,13-17,24-26H,9H2,1-2H3;3-7,9,12-16,24-26H,8H2,1-2H3;6,8-9,11-15,22-24H,5,7H2,1-4H3;6,8,10-14,21-23H,4-5,7H2,1-3H3;4,7,9-13,20-22H,5-6H2,1-3H3/t10-,13-,14-,15-,16-,17?,18?;9-,12-,13-,14-,15-,16?,17?;9-,11-,12-,13-,14-,15?,16?;8-,10-,11-,12-,13-,14?,15?;7-,9-,10-,11-,12-,13?,14?/m11111/s1. The van der Waals surface area contributed by atoms with E-state index in [0.717, 1.165) is 46.6 Å². The van der Waals surface area contributed by atoms with Gasteiger partial charge >= 0.3 is 0 Å². The van der Waals surface area contributed by atoms with E-state index >= 15 is 0 Å². The Morgan fingerprint density at radius 2 is 0.654 bits per heavy atom. The van der Waals surface area contributed by atoms with Crippen LogP contribution in [0.15, 0.2) is 85.8 Å². The molecule has 12 rings (SSSR count). The van der Waals surface area contributed by atoms with E-state index in [1.807, 2.05) is 51.1 Å². The summed E-state index contributed by atoms with van der Waals surface area (Å²) in [5, 5.41) is 183. The van der Waals surface area contributed by atoms with Gasteiger partial charge in [0.05, 0.1) is 130 Å². The van der Waals surface area contributed by atoms with Crippen LogP contribution in [0, 0.1) is 35.5 Å². The molecule has 37 nitrogen and oxygen atoms in total. The average molecular weight is 1830 g/mol. The third-order valence-electron chi connectivity index (χ3n) is 23.3. The minimum Gasteiger partial charge on any atom is -0.394 e. The molecule has 0 radical (unpaired) electrons. The number of aliphatic hydroxyl groups is 15. The Kier molecular flexibility index (Phi) is 36.9. The number of aryl methyl sites for hydroxylation is 1. The van der Waals surface area contributed by atoms with E-state index in [-0.39, 0.29) is 6.61 Å². The SMILES string of the molecule is CC(C)Cc1cn([C@H]2C(F)C(C)(F)O[C@@H]([C@H](O)[C@H](O)CO)[C@@H]2C)nn1.CCCc1cn([C@H]2C(F)C(C)(F)O[C@@H]([C@H](O)[C@H](O)CO)[C@@H]2C)nn1.COCc1cn([C@H]2C(F)C(C)(F)O[C@@H]([C@H](O)[C@H](O)CO)[C@@H]2C)nn1.C[C@H]1[C@H]([C@H](O)[C@H](O)CO)OC(C)(F)C(F)[C@@H]1n1cc(-c2ccccc2)nn1.C[C@H]1[C@H]([C@H](O)[C@H](O)CO)OC(C)(F)C(F)[C@@H]1n1cc(-c2cccnc2)nn1. The highest BCUT2D eigenvalue weighted by Crippen LogP contribution is 2.50. The molecule has 0 bridgehead atoms. The minimum atomic E-state index is -2.72. The maximum atomic E-state index is 14.9. The van der Waals surface area contributed by atoms with Crippen molar-refractivity contribution in [3.63, 3.8) is 0 Å². The van der Waals surface area contributed by atoms with Crippen molar-refractivity contribution in [3.8, 4) is 22.5 Å². The third-order valence-corrected chi connectivity index (χ3v) is 23.3. The molecule has 11 heterocycles. The normalized spacial score (nSPS) is 35.1. The van der Waals surface area contributed by atoms with Crippen molar-refractivity contribution in [1.29, 1.82) is 0 Å². The van der Waals surface area contributed by atoms with Gasteiger partial charge in [-0.05, 0) is 65.5 Å². The summed E-state index contributed by atoms with van der Waals surface area (Å²) in [6, 6.07) is 7.10. The first-order valence-corrected chi connectivity index (χ1v) is 41.4. The molecule has 5 aliphatic heterocycles. The fourth-order valence-corrected chi connectivity index (χ4v) is 16.1. The average Bonchev–Trinajstić information content (AvgIpc) is 1.76. The van der Waals surface area contributed by atoms with Crippen LogP contribution in [0.25, 0.3) is 22.5 Å². The molecule has 0 amide bonds. The summed E-state index contributed by atoms with van der Waals surface area (Å²) >= 11 is 0. The Bertz CT molecular complexity index is 4200. The van der Waals surface area contributed by atoms with Crippen LogP contribution in [-0.4, -0.2) is 348 Å². The largest absolute Gasteiger partial charge is 0.394 e. The van der Waals surface area contributed by atoms with Crippen molar-refractivity contribution in [2.24, 2.45) is 35.5 Å². The third kappa shape index (κ3) is 24.5. The van der Waals surface area contributed by atoms with E-state index in [2.05, 4.69) is 56.5 Å². The minimum absolute atomic E-state index is 0.163. The molecule has 10 unspecified atom stereocenters. The Morgan fingerprint density at radius 3 is 0.937 bits per heavy atom. The number of hydrogen-bond donors (Lipinski definition) is 15. The van der Waals surface area contributed by atoms with E-state index < -0.39 is 245 Å². The highest BCUT2D eigenvalue weighted by molar-refractivity contribution is 5.57. The van der Waals surface area contributed by atoms with E-state index in [1.165, 1.54) is 49.1 Å². The van der Waals surface area contributed by atoms with Crippen LogP contribution in [-0.2, 0) is 47.9 Å². The predicted molar refractivity (Wildman–Crippen MR) is 425 cm³/mol. The maximum absolute atomic E-state index is 14.9. The molecule has 1 aromatic carbocycles. The lowest BCUT2D eigenvalue weighted by atomic mass is 9.82. The first-order valence-electron chi connectivity index (χ1n) is 41.4. The van der Waals surface area contributed by atoms with Gasteiger partial charge in [-0.1, -0.05) is 118 Å². The van der Waals surface area contributed by atoms with Gasteiger partial charge in [0.25, 0.3) is 0 Å². The molecule has 47 heteroatoms. The summed E-state index contributed by atoms with van der Waals surface area (Å²) in [5.41, 5.74) is 4.13. The number of ether oxygens (including phenoxy) is 6. The molecule has 127 heavy (non-hydrogen) atoms. The van der Waals surface area contributed by atoms with Crippen molar-refractivity contribution >= 4 is 0 Å². The summed E-state index contributed by atoms with van der Waals surface area (Å²) in [6.45, 7) is 14.9. The molecule has 7 aromatic rings. The van der Waals surface area contributed by atoms with Crippen molar-refractivity contribution < 1.29 is 149 Å². The van der Waals surface area contributed by atoms with Gasteiger partial charge in [-0.25, -0.2) is 67.3 Å². The van der Waals surface area contributed by atoms with Gasteiger partial charge in [0.15, 0.2) is 30.9 Å². The van der Waals surface area contributed by atoms with Gasteiger partial charge in [-0.15, -0.1) is 25.5 Å². The second kappa shape index (κ2) is 44.6. The van der Waals surface area contributed by atoms with Crippen molar-refractivity contribution in [3.05, 3.63) is 103 Å². The molecule has 6 aromatic heterocycles. The zero-order valence-corrected chi connectivity index (χ0v) is 72.4. The van der Waals surface area contributed by atoms with E-state index in [9.17, 15) is 95.0 Å². The maximum Gasteiger partial charge on any atom is 0.240 e. The van der Waals surface area contributed by atoms with Crippen molar-refractivity contribution in [1.82, 2.24) is 80.0 Å². The van der Waals surface area contributed by atoms with Gasteiger partial charge in [0.2, 0.25) is 29.3 Å². The molecular weight excluding hydrogens is 1710 g/mol. The molecule has 0 spiro atoms. The zero-order valence-electron chi connectivity index (χ0n) is 72.4. The number of hydrogen-bond acceptors (Lipinski definition) is 32. The number of halogens is 10. The lowest BCUT2D eigenvalue weighted by molar-refractivity contribution is -0.288. The Balaban J connectivity index is 0.000000197. The van der Waals surface area contributed by atoms with Gasteiger partial charge in [-0.3, -0.25) is 4.98 Å². The molecular formula is C80H120F10N16O21. The van der Waals surface area contributed by atoms with E-state index in [1.54, 1.807) is 71.5 Å². The van der Waals surface area contributed by atoms with Gasteiger partial charge in [-0.2, -0.15) is 0 Å². The summed E-state index contributed by atoms with van der Waals surface area (Å²) in [6.07, 6.45) is -19.2. The lowest BCUT2D eigenvalue weighted by Crippen LogP contribution is -2.59. The fourth-order valence-electron chi connectivity index (χ4n) is 16.1. The second-order valence-corrected chi connectivity index (χ2v) is 33.9. The van der Waals surface area contributed by atoms with Crippen LogP contribution in [0.2, 0.25) is 0 Å². The number of alkyl halides is 10. The number of nitrogens with zero attached hydrogens (tertiary/aromatic N) is 16. The number of pyridine rings is 1. The molecule has 0 saturated carbocycles. The number of rotatable bonds is 28. The van der Waals surface area contributed by atoms with Crippen LogP contribution in [0.3, 0.4) is 0 Å². The first kappa shape index (κ1) is 105. The van der Waals surface area contributed by atoms with Crippen molar-refractivity contribution in [2.75, 3.05) is 40.1 Å². The number of benzene rings is 1. The summed E-state index contributed by atoms with van der Waals surface area (Å²) in [4.78, 5) is 3.98. The predicted octanol–water partition coefficient (Wildman–Crippen LogP) is 2.99. The summed E-state index contributed by atoms with van der Waals surface area (Å²) in [7, 11) is 1.47. The first-order chi connectivity index (χ1) is 59.5. The fraction of sp³-hybridized carbons (Fsp3) is 0.738. The van der Waals surface area contributed by atoms with Crippen LogP contribution in [0.4, 0.5) is 43.9 Å². The highest BCUT2D eigenvalue weighted by atomic mass is 19.2. The number of aromatic nitrogens is 16. The molecule has 15 N–H and O–H groups in total. The summed E-state index contributed by atoms with van der Waals surface area (Å²) in [5.74, 6) is -16.9. The van der Waals surface area contributed by atoms with Gasteiger partial charge in [0, 0.05) is 72.6 Å². The molecule has 5 saturated heterocycles. The number of methoxy groups -OCH3 is 1. The Morgan fingerprint density at radius 1 is 0.386 bits per heavy atom. The topological polar surface area (TPSA) is 525 Å². The quantitative estimate of drug-likeness (QED) is 0.0313. The van der Waals surface area contributed by atoms with Gasteiger partial charge in [0.1, 0.15) is 78.1 Å². The van der Waals surface area contributed by atoms with E-state index in [0.29, 0.717) is 52.8 Å². The number of aliphatic hydroxyl groups excluding tert-OH is 15. The molecule has 0 aliphatic carbocycles. The Labute approximate surface area is 725 Å². The smallest absolute Gasteiger partial charge is 0.240 e. The molecule has 5 aliphatic rings. The molecule has 716 valence electrons. The summed E-state index contributed by atoms with van der Waals surface area (Å²) < 4.78 is 184. The monoisotopic (exact) mass is 1830 g/mol. The second-order valence-electron chi connectivity index (χ2n) is 33.9. The van der Waals surface area contributed by atoms with Crippen LogP contribution < -0.4 is 0 Å². The molecule has 35 atom stereocenters.